The van der Waals surface area contributed by atoms with E-state index in [1.165, 1.54) is 6.92 Å². The topological polar surface area (TPSA) is 122 Å². The van der Waals surface area contributed by atoms with E-state index in [2.05, 4.69) is 17.6 Å². The van der Waals surface area contributed by atoms with Crippen molar-refractivity contribution in [3.8, 4) is 0 Å². The third-order valence-corrected chi connectivity index (χ3v) is 6.58. The molecule has 1 aliphatic heterocycles. The van der Waals surface area contributed by atoms with Gasteiger partial charge in [-0.25, -0.2) is 0 Å². The van der Waals surface area contributed by atoms with Gasteiger partial charge in [-0.3, -0.25) is 24.0 Å². The molecular weight excluding hydrogens is 448 g/mol. The fourth-order valence-electron chi connectivity index (χ4n) is 4.24. The average molecular weight is 495 g/mol. The van der Waals surface area contributed by atoms with E-state index >= 15 is 0 Å². The number of hydrogen-bond acceptors (Lipinski definition) is 6. The predicted molar refractivity (Wildman–Crippen MR) is 135 cm³/mol. The van der Waals surface area contributed by atoms with Crippen molar-refractivity contribution in [2.75, 3.05) is 13.2 Å². The monoisotopic (exact) mass is 494 g/mol. The van der Waals surface area contributed by atoms with Crippen molar-refractivity contribution in [1.29, 1.82) is 0 Å². The first kappa shape index (κ1) is 30.9. The maximum atomic E-state index is 13.3. The minimum absolute atomic E-state index is 0.0389. The Labute approximate surface area is 210 Å². The van der Waals surface area contributed by atoms with E-state index in [-0.39, 0.29) is 60.4 Å². The molecule has 0 aromatic rings. The van der Waals surface area contributed by atoms with Gasteiger partial charge in [0.05, 0.1) is 6.61 Å². The molecule has 2 N–H and O–H groups in total. The number of carbonyl (C=O) groups excluding carboxylic acids is 5. The second kappa shape index (κ2) is 14.5. The summed E-state index contributed by atoms with van der Waals surface area (Å²) in [6.45, 7) is 13.2. The highest BCUT2D eigenvalue weighted by Gasteiger charge is 2.50. The first-order valence-corrected chi connectivity index (χ1v) is 13.1. The Morgan fingerprint density at radius 3 is 2.11 bits per heavy atom. The van der Waals surface area contributed by atoms with Crippen molar-refractivity contribution < 1.29 is 28.7 Å². The van der Waals surface area contributed by atoms with Crippen molar-refractivity contribution >= 4 is 29.2 Å². The molecule has 1 fully saturated rings. The van der Waals surface area contributed by atoms with Crippen LogP contribution in [0.15, 0.2) is 0 Å². The molecule has 0 aromatic carbocycles. The smallest absolute Gasteiger partial charge is 0.224 e. The molecule has 8 heteroatoms. The van der Waals surface area contributed by atoms with Gasteiger partial charge in [0.25, 0.3) is 0 Å². The predicted octanol–water partition coefficient (Wildman–Crippen LogP) is 3.40. The zero-order valence-corrected chi connectivity index (χ0v) is 22.7. The molecular formula is C27H46N2O6. The molecule has 35 heavy (non-hydrogen) atoms. The van der Waals surface area contributed by atoms with Crippen LogP contribution in [0.1, 0.15) is 93.4 Å². The number of unbranched alkanes of at least 4 members (excludes halogenated alkanes) is 2. The molecule has 2 amide bonds. The number of epoxide rings is 1. The normalized spacial score (nSPS) is 19.7. The highest BCUT2D eigenvalue weighted by molar-refractivity contribution is 5.97. The minimum atomic E-state index is -0.974. The molecule has 1 rings (SSSR count). The van der Waals surface area contributed by atoms with E-state index in [4.69, 9.17) is 4.74 Å². The molecule has 0 radical (unpaired) electrons. The molecule has 0 spiro atoms. The Hall–Kier alpha value is -2.09. The van der Waals surface area contributed by atoms with E-state index in [1.807, 2.05) is 27.7 Å². The number of ether oxygens (including phenoxy) is 1. The maximum absolute atomic E-state index is 13.3. The summed E-state index contributed by atoms with van der Waals surface area (Å²) in [6, 6.07) is -0.974. The molecule has 0 saturated carbocycles. The zero-order valence-electron chi connectivity index (χ0n) is 22.7. The third-order valence-electron chi connectivity index (χ3n) is 6.58. The molecule has 8 nitrogen and oxygen atoms in total. The van der Waals surface area contributed by atoms with Crippen molar-refractivity contribution in [1.82, 2.24) is 10.6 Å². The van der Waals surface area contributed by atoms with Gasteiger partial charge in [0, 0.05) is 44.6 Å². The number of rotatable bonds is 18. The second-order valence-electron chi connectivity index (χ2n) is 10.9. The Morgan fingerprint density at radius 2 is 1.63 bits per heavy atom. The van der Waals surface area contributed by atoms with E-state index in [1.54, 1.807) is 6.92 Å². The third kappa shape index (κ3) is 11.0. The van der Waals surface area contributed by atoms with Crippen LogP contribution in [-0.2, 0) is 28.7 Å². The molecule has 0 aliphatic carbocycles. The van der Waals surface area contributed by atoms with Crippen LogP contribution in [-0.4, -0.2) is 54.0 Å². The van der Waals surface area contributed by atoms with E-state index in [9.17, 15) is 24.0 Å². The van der Waals surface area contributed by atoms with Gasteiger partial charge in [-0.05, 0) is 31.6 Å². The fraction of sp³-hybridized carbons (Fsp3) is 0.815. The van der Waals surface area contributed by atoms with Crippen LogP contribution in [0.5, 0.6) is 0 Å². The summed E-state index contributed by atoms with van der Waals surface area (Å²) < 4.78 is 5.32. The van der Waals surface area contributed by atoms with Gasteiger partial charge in [0.2, 0.25) is 11.8 Å². The molecule has 0 bridgehead atoms. The van der Waals surface area contributed by atoms with E-state index in [0.29, 0.717) is 19.4 Å². The molecule has 0 unspecified atom stereocenters. The quantitative estimate of drug-likeness (QED) is 0.222. The average Bonchev–Trinajstić information content (AvgIpc) is 3.51. The lowest BCUT2D eigenvalue weighted by Crippen LogP contribution is -2.51. The Bertz CT molecular complexity index is 757. The lowest BCUT2D eigenvalue weighted by atomic mass is 9.83. The molecule has 4 atom stereocenters. The summed E-state index contributed by atoms with van der Waals surface area (Å²) in [5.41, 5.74) is -0.836. The van der Waals surface area contributed by atoms with Crippen molar-refractivity contribution in [3.63, 3.8) is 0 Å². The lowest BCUT2D eigenvalue weighted by Gasteiger charge is -2.26. The summed E-state index contributed by atoms with van der Waals surface area (Å²) in [4.78, 5) is 63.4. The highest BCUT2D eigenvalue weighted by atomic mass is 16.6. The second-order valence-corrected chi connectivity index (χ2v) is 10.9. The van der Waals surface area contributed by atoms with Gasteiger partial charge in [0.1, 0.15) is 17.4 Å². The Kier molecular flexibility index (Phi) is 12.8. The minimum Gasteiger partial charge on any atom is -0.362 e. The summed E-state index contributed by atoms with van der Waals surface area (Å²) in [7, 11) is 0. The van der Waals surface area contributed by atoms with Crippen LogP contribution in [0, 0.1) is 23.7 Å². The first-order valence-electron chi connectivity index (χ1n) is 13.1. The zero-order chi connectivity index (χ0) is 26.8. The molecule has 1 heterocycles. The maximum Gasteiger partial charge on any atom is 0.224 e. The summed E-state index contributed by atoms with van der Waals surface area (Å²) >= 11 is 0. The number of ketones is 3. The standard InChI is InChI=1S/C27H46N2O6/c1-8-9-10-11-21(31)14-22(18(4)5)26(34)29-23(15-28-19(6)30)24(32)13-20(12-17(2)3)25(33)27(7)16-35-27/h17-18,20,22-23H,8-16H2,1-7H3,(H,28,30)(H,29,34)/t20-,22+,23+,27-/m1/s1. The SMILES string of the molecule is CCCCCC(=O)C[C@H](C(=O)N[C@@H](CNC(C)=O)C(=O)C[C@@H](CC(C)C)C(=O)[C@@]1(C)CO1)C(C)C. The summed E-state index contributed by atoms with van der Waals surface area (Å²) in [6.07, 6.45) is 3.85. The highest BCUT2D eigenvalue weighted by Crippen LogP contribution is 2.33. The molecule has 0 aromatic heterocycles. The van der Waals surface area contributed by atoms with E-state index in [0.717, 1.165) is 19.3 Å². The number of hydrogen-bond donors (Lipinski definition) is 2. The number of amides is 2. The van der Waals surface area contributed by atoms with Crippen LogP contribution >= 0.6 is 0 Å². The van der Waals surface area contributed by atoms with E-state index < -0.39 is 23.5 Å². The van der Waals surface area contributed by atoms with Crippen LogP contribution in [0.2, 0.25) is 0 Å². The van der Waals surface area contributed by atoms with Crippen LogP contribution in [0.4, 0.5) is 0 Å². The summed E-state index contributed by atoms with van der Waals surface area (Å²) in [5, 5.41) is 5.39. The fourth-order valence-corrected chi connectivity index (χ4v) is 4.24. The van der Waals surface area contributed by atoms with Gasteiger partial charge in [-0.2, -0.15) is 0 Å². The number of nitrogens with one attached hydrogen (secondary N) is 2. The van der Waals surface area contributed by atoms with Gasteiger partial charge in [-0.1, -0.05) is 47.5 Å². The van der Waals surface area contributed by atoms with Crippen LogP contribution in [0.3, 0.4) is 0 Å². The largest absolute Gasteiger partial charge is 0.362 e. The van der Waals surface area contributed by atoms with Crippen LogP contribution in [0.25, 0.3) is 0 Å². The van der Waals surface area contributed by atoms with Crippen molar-refractivity contribution in [2.45, 2.75) is 105 Å². The summed E-state index contributed by atoms with van der Waals surface area (Å²) in [5.74, 6) is -2.05. The number of Topliss-reactive ketones (excluding diaryl/α,β-unsaturated/α-hetero) is 3. The molecule has 1 aliphatic rings. The van der Waals surface area contributed by atoms with Crippen molar-refractivity contribution in [3.05, 3.63) is 0 Å². The number of carbonyl (C=O) groups is 5. The van der Waals surface area contributed by atoms with Crippen molar-refractivity contribution in [2.24, 2.45) is 23.7 Å². The van der Waals surface area contributed by atoms with Gasteiger partial charge >= 0.3 is 0 Å². The Balaban J connectivity index is 2.95. The Morgan fingerprint density at radius 1 is 1.00 bits per heavy atom. The first-order chi connectivity index (χ1) is 16.3. The van der Waals surface area contributed by atoms with Crippen LogP contribution < -0.4 is 10.6 Å². The van der Waals surface area contributed by atoms with Gasteiger partial charge in [0.15, 0.2) is 11.6 Å². The lowest BCUT2D eigenvalue weighted by molar-refractivity contribution is -0.135. The molecule has 200 valence electrons. The molecule has 1 saturated heterocycles. The van der Waals surface area contributed by atoms with Gasteiger partial charge < -0.3 is 15.4 Å². The van der Waals surface area contributed by atoms with Gasteiger partial charge in [-0.15, -0.1) is 0 Å².